The first-order valence-corrected chi connectivity index (χ1v) is 6.39. The van der Waals surface area contributed by atoms with Crippen LogP contribution >= 0.6 is 0 Å². The van der Waals surface area contributed by atoms with Gasteiger partial charge < -0.3 is 0 Å². The molecule has 92 valence electrons. The number of hydrogen-bond donors (Lipinski definition) is 0. The third kappa shape index (κ3) is 22.7. The van der Waals surface area contributed by atoms with Gasteiger partial charge in [-0.05, 0) is 5.92 Å². The maximum absolute atomic E-state index is 2.36. The fraction of sp³-hybridized carbons (Fsp3) is 1.00. The Bertz CT molecular complexity index is 42.0. The van der Waals surface area contributed by atoms with Gasteiger partial charge in [-0.15, -0.1) is 0 Å². The van der Waals surface area contributed by atoms with Crippen LogP contribution in [0.3, 0.4) is 0 Å². The lowest BCUT2D eigenvalue weighted by atomic mass is 9.91. The van der Waals surface area contributed by atoms with Crippen LogP contribution in [0, 0.1) is 5.92 Å². The van der Waals surface area contributed by atoms with Crippen LogP contribution in [0.5, 0.6) is 0 Å². The van der Waals surface area contributed by atoms with E-state index in [9.17, 15) is 0 Å². The molecule has 0 aliphatic heterocycles. The molecule has 1 fully saturated rings. The van der Waals surface area contributed by atoms with E-state index in [4.69, 9.17) is 0 Å². The third-order valence-corrected chi connectivity index (χ3v) is 1.89. The van der Waals surface area contributed by atoms with Gasteiger partial charge in [-0.3, -0.25) is 0 Å². The first-order chi connectivity index (χ1) is 6.39. The van der Waals surface area contributed by atoms with Gasteiger partial charge in [-0.1, -0.05) is 88.0 Å². The van der Waals surface area contributed by atoms with Crippen molar-refractivity contribution in [1.82, 2.24) is 0 Å². The van der Waals surface area contributed by atoms with Crippen molar-refractivity contribution in [3.05, 3.63) is 0 Å². The van der Waals surface area contributed by atoms with Crippen LogP contribution < -0.4 is 0 Å². The predicted octanol–water partition coefficient (Wildman–Crippen LogP) is 6.30. The average Bonchev–Trinajstić information content (AvgIpc) is 2.28. The van der Waals surface area contributed by atoms with Gasteiger partial charge in [0.05, 0.1) is 0 Å². The molecule has 0 nitrogen and oxygen atoms in total. The molecule has 0 atom stereocenters. The summed E-state index contributed by atoms with van der Waals surface area (Å²) in [5, 5.41) is 0. The molecule has 1 aliphatic rings. The van der Waals surface area contributed by atoms with E-state index in [1.54, 1.807) is 0 Å². The minimum atomic E-state index is 0. The summed E-state index contributed by atoms with van der Waals surface area (Å²) in [4.78, 5) is 0. The molecule has 0 heteroatoms. The van der Waals surface area contributed by atoms with E-state index in [1.165, 1.54) is 32.1 Å². The van der Waals surface area contributed by atoms with Crippen molar-refractivity contribution in [3.63, 3.8) is 0 Å². The highest BCUT2D eigenvalue weighted by atomic mass is 14.1. The molecule has 1 rings (SSSR count). The molecule has 0 bridgehead atoms. The molecule has 0 aromatic rings. The van der Waals surface area contributed by atoms with Crippen LogP contribution in [0.1, 0.15) is 88.0 Å². The van der Waals surface area contributed by atoms with Crippen LogP contribution in [0.2, 0.25) is 0 Å². The zero-order chi connectivity index (χ0) is 11.1. The summed E-state index contributed by atoms with van der Waals surface area (Å²) in [5.41, 5.74) is 0. The highest BCUT2D eigenvalue weighted by Crippen LogP contribution is 2.21. The monoisotopic (exact) mass is 204 g/mol. The van der Waals surface area contributed by atoms with Crippen molar-refractivity contribution < 1.29 is 0 Å². The maximum atomic E-state index is 2.36. The first-order valence-electron chi connectivity index (χ1n) is 6.39. The zero-order valence-corrected chi connectivity index (χ0v) is 11.1. The van der Waals surface area contributed by atoms with Crippen LogP contribution in [0.15, 0.2) is 0 Å². The quantitative estimate of drug-likeness (QED) is 0.434. The SMILES string of the molecule is C.CC.CC.CC.CC1CCCCC1. The van der Waals surface area contributed by atoms with Crippen LogP contribution in [-0.4, -0.2) is 0 Å². The lowest BCUT2D eigenvalue weighted by molar-refractivity contribution is 0.385. The summed E-state index contributed by atoms with van der Waals surface area (Å²) >= 11 is 0. The second-order valence-electron chi connectivity index (χ2n) is 2.74. The van der Waals surface area contributed by atoms with Crippen molar-refractivity contribution in [2.24, 2.45) is 5.92 Å². The van der Waals surface area contributed by atoms with Crippen molar-refractivity contribution in [1.29, 1.82) is 0 Å². The Morgan fingerprint density at radius 2 is 0.929 bits per heavy atom. The predicted molar refractivity (Wildman–Crippen MR) is 73.0 cm³/mol. The van der Waals surface area contributed by atoms with E-state index in [0.29, 0.717) is 0 Å². The van der Waals surface area contributed by atoms with Crippen molar-refractivity contribution in [2.45, 2.75) is 88.0 Å². The average molecular weight is 204 g/mol. The molecule has 0 aromatic heterocycles. The maximum Gasteiger partial charge on any atom is -0.0443 e. The Morgan fingerprint density at radius 1 is 0.643 bits per heavy atom. The molecule has 0 saturated heterocycles. The zero-order valence-electron chi connectivity index (χ0n) is 11.1. The second-order valence-corrected chi connectivity index (χ2v) is 2.74. The smallest absolute Gasteiger partial charge is 0.0443 e. The normalized spacial score (nSPS) is 13.9. The highest BCUT2D eigenvalue weighted by molar-refractivity contribution is 4.59. The van der Waals surface area contributed by atoms with Crippen LogP contribution in [0.25, 0.3) is 0 Å². The molecule has 0 aromatic carbocycles. The van der Waals surface area contributed by atoms with Crippen molar-refractivity contribution in [2.75, 3.05) is 0 Å². The molecule has 0 spiro atoms. The van der Waals surface area contributed by atoms with Gasteiger partial charge in [0.15, 0.2) is 0 Å². The molecule has 1 saturated carbocycles. The largest absolute Gasteiger partial charge is 0.0776 e. The molecule has 0 radical (unpaired) electrons. The fourth-order valence-corrected chi connectivity index (χ4v) is 1.31. The van der Waals surface area contributed by atoms with E-state index in [0.717, 1.165) is 5.92 Å². The van der Waals surface area contributed by atoms with Crippen molar-refractivity contribution in [3.8, 4) is 0 Å². The van der Waals surface area contributed by atoms with Crippen LogP contribution in [-0.2, 0) is 0 Å². The van der Waals surface area contributed by atoms with Gasteiger partial charge in [0.25, 0.3) is 0 Å². The fourth-order valence-electron chi connectivity index (χ4n) is 1.31. The minimum absolute atomic E-state index is 0. The summed E-state index contributed by atoms with van der Waals surface area (Å²) in [6, 6.07) is 0. The van der Waals surface area contributed by atoms with E-state index < -0.39 is 0 Å². The van der Waals surface area contributed by atoms with Gasteiger partial charge in [0.2, 0.25) is 0 Å². The summed E-state index contributed by atoms with van der Waals surface area (Å²) < 4.78 is 0. The second kappa shape index (κ2) is 29.2. The van der Waals surface area contributed by atoms with Gasteiger partial charge in [0.1, 0.15) is 0 Å². The Kier molecular flexibility index (Phi) is 49.4. The van der Waals surface area contributed by atoms with Crippen LogP contribution in [0.4, 0.5) is 0 Å². The summed E-state index contributed by atoms with van der Waals surface area (Å²) in [6.45, 7) is 14.4. The molecule has 0 unspecified atom stereocenters. The lowest BCUT2D eigenvalue weighted by Gasteiger charge is -2.15. The Labute approximate surface area is 94.5 Å². The number of hydrogen-bond acceptors (Lipinski definition) is 0. The molecule has 1 aliphatic carbocycles. The highest BCUT2D eigenvalue weighted by Gasteiger charge is 2.05. The van der Waals surface area contributed by atoms with Gasteiger partial charge in [-0.25, -0.2) is 0 Å². The Balaban J connectivity index is -0.0000000625. The molecule has 0 heterocycles. The molecule has 0 amide bonds. The molecular formula is C14H36. The standard InChI is InChI=1S/C7H14.3C2H6.CH4/c1-7-5-3-2-4-6-7;3*1-2;/h7H,2-6H2,1H3;3*1-2H3;1H4. The van der Waals surface area contributed by atoms with Gasteiger partial charge in [-0.2, -0.15) is 0 Å². The van der Waals surface area contributed by atoms with E-state index in [2.05, 4.69) is 6.92 Å². The first kappa shape index (κ1) is 23.7. The Morgan fingerprint density at radius 3 is 1.07 bits per heavy atom. The van der Waals surface area contributed by atoms with Gasteiger partial charge >= 0.3 is 0 Å². The van der Waals surface area contributed by atoms with Crippen molar-refractivity contribution >= 4 is 0 Å². The molecule has 0 N–H and O–H groups in total. The third-order valence-electron chi connectivity index (χ3n) is 1.89. The lowest BCUT2D eigenvalue weighted by Crippen LogP contribution is -1.99. The Hall–Kier alpha value is 0. The van der Waals surface area contributed by atoms with Gasteiger partial charge in [0, 0.05) is 0 Å². The summed E-state index contributed by atoms with van der Waals surface area (Å²) in [7, 11) is 0. The topological polar surface area (TPSA) is 0 Å². The van der Waals surface area contributed by atoms with E-state index in [1.807, 2.05) is 41.5 Å². The molecular weight excluding hydrogens is 168 g/mol. The minimum Gasteiger partial charge on any atom is -0.0776 e. The summed E-state index contributed by atoms with van der Waals surface area (Å²) in [5.74, 6) is 1.04. The number of rotatable bonds is 0. The molecule has 14 heavy (non-hydrogen) atoms. The summed E-state index contributed by atoms with van der Waals surface area (Å²) in [6.07, 6.45) is 7.44. The van der Waals surface area contributed by atoms with E-state index >= 15 is 0 Å². The van der Waals surface area contributed by atoms with E-state index in [-0.39, 0.29) is 7.43 Å².